The first-order valence-corrected chi connectivity index (χ1v) is 16.8. The minimum atomic E-state index is -0.218. The van der Waals surface area contributed by atoms with E-state index in [-0.39, 0.29) is 66.5 Å². The third-order valence-electron chi connectivity index (χ3n) is 9.16. The van der Waals surface area contributed by atoms with Crippen molar-refractivity contribution in [3.63, 3.8) is 0 Å². The van der Waals surface area contributed by atoms with E-state index in [4.69, 9.17) is 0 Å². The Hall–Kier alpha value is -5.33. The maximum absolute atomic E-state index is 13.9. The summed E-state index contributed by atoms with van der Waals surface area (Å²) in [4.78, 5) is 22.6. The maximum atomic E-state index is 13.9. The predicted molar refractivity (Wildman–Crippen MR) is 211 cm³/mol. The van der Waals surface area contributed by atoms with E-state index in [0.717, 1.165) is 43.7 Å². The van der Waals surface area contributed by atoms with E-state index in [1.54, 1.807) is 24.5 Å². The Bertz CT molecular complexity index is 2670. The fourth-order valence-corrected chi connectivity index (χ4v) is 6.72. The summed E-state index contributed by atoms with van der Waals surface area (Å²) in [6.07, 6.45) is 3.60. The minimum Gasteiger partial charge on any atom is -0.507 e. The third kappa shape index (κ3) is 6.96. The number of pyridine rings is 2. The molecule has 0 aliphatic carbocycles. The number of Topliss-reactive ketones (excluding diaryl/α,β-unsaturated/α-hetero) is 1. The number of nitrogens with zero attached hydrogens (tertiary/aromatic N) is 2. The summed E-state index contributed by atoms with van der Waals surface area (Å²) >= 11 is 0. The van der Waals surface area contributed by atoms with Crippen LogP contribution in [-0.2, 0) is 0 Å². The molecule has 0 saturated carbocycles. The molecule has 0 fully saturated rings. The maximum Gasteiger partial charge on any atom is 0.197 e. The van der Waals surface area contributed by atoms with Gasteiger partial charge in [-0.15, -0.1) is 0 Å². The van der Waals surface area contributed by atoms with Crippen molar-refractivity contribution in [2.24, 2.45) is 0 Å². The van der Waals surface area contributed by atoms with Crippen LogP contribution in [0.1, 0.15) is 21.5 Å². The normalized spacial score (nSPS) is 11.4. The van der Waals surface area contributed by atoms with Crippen molar-refractivity contribution < 1.29 is 59.3 Å². The number of rotatable bonds is 5. The summed E-state index contributed by atoms with van der Waals surface area (Å²) in [5.74, 6) is -0.248. The van der Waals surface area contributed by atoms with Gasteiger partial charge in [0.1, 0.15) is 5.76 Å². The molecule has 1 radical (unpaired) electrons. The molecule has 2 heterocycles. The van der Waals surface area contributed by atoms with Crippen molar-refractivity contribution >= 4 is 60.5 Å². The van der Waals surface area contributed by atoms with E-state index >= 15 is 0 Å². The second-order valence-corrected chi connectivity index (χ2v) is 12.2. The van der Waals surface area contributed by atoms with Gasteiger partial charge in [-0.2, -0.15) is 0 Å². The average Bonchev–Trinajstić information content (AvgIpc) is 3.21. The number of fused-ring (bicyclic) bond motifs is 5. The zero-order chi connectivity index (χ0) is 34.6. The predicted octanol–water partition coefficient (Wildman–Crippen LogP) is 11.8. The van der Waals surface area contributed by atoms with Crippen molar-refractivity contribution in [1.29, 1.82) is 0 Å². The first kappa shape index (κ1) is 35.1. The van der Waals surface area contributed by atoms with Gasteiger partial charge in [0.25, 0.3) is 0 Å². The molecule has 9 rings (SSSR count). The standard InChI is InChI=1S/C35H24O2.C12H8N2.Eu/c36-34(25-13-3-1-4-14-25)33(35(37)26-15-5-2-6-16-26)32-23-22-31(29-19-9-10-20-30(29)32)28-21-11-17-24-12-7-8-18-27(24)28;1-3-9-5-6-10-4-2-8-14-12(10)11(9)13-7-1;/h1-23,36H;1-8H;/b34-33-;;. The summed E-state index contributed by atoms with van der Waals surface area (Å²) in [6, 6.07) is 57.3. The van der Waals surface area contributed by atoms with Crippen LogP contribution >= 0.6 is 0 Å². The molecule has 0 amide bonds. The van der Waals surface area contributed by atoms with Gasteiger partial charge in [0.15, 0.2) is 5.78 Å². The minimum absolute atomic E-state index is 0. The van der Waals surface area contributed by atoms with Crippen molar-refractivity contribution in [3.8, 4) is 11.1 Å². The van der Waals surface area contributed by atoms with Gasteiger partial charge in [0.2, 0.25) is 0 Å². The molecule has 0 spiro atoms. The van der Waals surface area contributed by atoms with E-state index in [1.807, 2.05) is 91.0 Å². The fourth-order valence-electron chi connectivity index (χ4n) is 6.72. The number of ketones is 1. The Morgan fingerprint density at radius 2 is 0.923 bits per heavy atom. The molecule has 0 unspecified atom stereocenters. The number of aromatic nitrogens is 2. The summed E-state index contributed by atoms with van der Waals surface area (Å²) in [7, 11) is 0. The molecule has 249 valence electrons. The van der Waals surface area contributed by atoms with Crippen molar-refractivity contribution in [2.75, 3.05) is 0 Å². The molecule has 1 N–H and O–H groups in total. The molecule has 9 aromatic rings. The summed E-state index contributed by atoms with van der Waals surface area (Å²) in [5.41, 5.74) is 6.30. The average molecular weight is 809 g/mol. The van der Waals surface area contributed by atoms with E-state index in [1.165, 1.54) is 10.8 Å². The molecule has 7 aromatic carbocycles. The van der Waals surface area contributed by atoms with Crippen molar-refractivity contribution in [2.45, 2.75) is 0 Å². The van der Waals surface area contributed by atoms with Crippen LogP contribution in [0.2, 0.25) is 0 Å². The number of aliphatic hydroxyl groups is 1. The van der Waals surface area contributed by atoms with Crippen LogP contribution in [-0.4, -0.2) is 20.9 Å². The fraction of sp³-hybridized carbons (Fsp3) is 0. The first-order chi connectivity index (χ1) is 25.2. The number of carbonyl (C=O) groups excluding carboxylic acids is 1. The van der Waals surface area contributed by atoms with E-state index in [9.17, 15) is 9.90 Å². The molecule has 2 aromatic heterocycles. The largest absolute Gasteiger partial charge is 0.507 e. The number of hydrogen-bond acceptors (Lipinski definition) is 4. The number of carbonyl (C=O) groups is 1. The molecular formula is C47H32EuN2O2. The zero-order valence-corrected chi connectivity index (χ0v) is 30.5. The van der Waals surface area contributed by atoms with Crippen LogP contribution in [0.25, 0.3) is 65.8 Å². The van der Waals surface area contributed by atoms with E-state index < -0.39 is 0 Å². The smallest absolute Gasteiger partial charge is 0.197 e. The molecule has 0 atom stereocenters. The van der Waals surface area contributed by atoms with Gasteiger partial charge in [-0.3, -0.25) is 14.8 Å². The third-order valence-corrected chi connectivity index (χ3v) is 9.16. The summed E-state index contributed by atoms with van der Waals surface area (Å²) in [6.45, 7) is 0. The number of benzene rings is 7. The molecule has 52 heavy (non-hydrogen) atoms. The quantitative estimate of drug-likeness (QED) is 0.0618. The van der Waals surface area contributed by atoms with Gasteiger partial charge in [0, 0.05) is 83.7 Å². The zero-order valence-electron chi connectivity index (χ0n) is 28.0. The Morgan fingerprint density at radius 3 is 1.58 bits per heavy atom. The van der Waals surface area contributed by atoms with E-state index in [2.05, 4.69) is 82.8 Å². The second-order valence-electron chi connectivity index (χ2n) is 12.2. The van der Waals surface area contributed by atoms with Crippen LogP contribution in [0.15, 0.2) is 188 Å². The summed E-state index contributed by atoms with van der Waals surface area (Å²) < 4.78 is 0. The van der Waals surface area contributed by atoms with Crippen LogP contribution in [0, 0.1) is 49.4 Å². The van der Waals surface area contributed by atoms with Crippen LogP contribution < -0.4 is 0 Å². The Labute approximate surface area is 342 Å². The van der Waals surface area contributed by atoms with Gasteiger partial charge in [-0.1, -0.05) is 164 Å². The molecule has 4 nitrogen and oxygen atoms in total. The van der Waals surface area contributed by atoms with Crippen molar-refractivity contribution in [3.05, 3.63) is 205 Å². The van der Waals surface area contributed by atoms with Gasteiger partial charge in [0.05, 0.1) is 16.6 Å². The monoisotopic (exact) mass is 809 g/mol. The van der Waals surface area contributed by atoms with Crippen LogP contribution in [0.3, 0.4) is 0 Å². The Morgan fingerprint density at radius 1 is 0.423 bits per heavy atom. The summed E-state index contributed by atoms with van der Waals surface area (Å²) in [5, 5.41) is 18.1. The second kappa shape index (κ2) is 15.9. The van der Waals surface area contributed by atoms with Gasteiger partial charge < -0.3 is 5.11 Å². The van der Waals surface area contributed by atoms with E-state index in [0.29, 0.717) is 16.7 Å². The Balaban J connectivity index is 0.000000234. The van der Waals surface area contributed by atoms with Gasteiger partial charge in [-0.05, 0) is 50.4 Å². The molecular weight excluding hydrogens is 776 g/mol. The number of allylic oxidation sites excluding steroid dienone is 1. The number of hydrogen-bond donors (Lipinski definition) is 1. The molecule has 0 bridgehead atoms. The van der Waals surface area contributed by atoms with Gasteiger partial charge in [-0.25, -0.2) is 0 Å². The number of aliphatic hydroxyl groups excluding tert-OH is 1. The van der Waals surface area contributed by atoms with Crippen molar-refractivity contribution in [1.82, 2.24) is 9.97 Å². The topological polar surface area (TPSA) is 63.1 Å². The molecule has 0 saturated heterocycles. The van der Waals surface area contributed by atoms with Gasteiger partial charge >= 0.3 is 0 Å². The van der Waals surface area contributed by atoms with Crippen LogP contribution in [0.5, 0.6) is 0 Å². The SMILES string of the molecule is O=C(/C(=C(\O)c1ccccc1)c1ccc(-c2cccc3ccccc23)c2ccccc12)c1ccccc1.[Eu].c1cnc2c(c1)ccc1cccnc12. The molecule has 5 heteroatoms. The Kier molecular flexibility index (Phi) is 10.7. The van der Waals surface area contributed by atoms with Crippen LogP contribution in [0.4, 0.5) is 0 Å². The first-order valence-electron chi connectivity index (χ1n) is 16.8. The molecule has 0 aliphatic rings. The molecule has 0 aliphatic heterocycles.